The predicted molar refractivity (Wildman–Crippen MR) is 52.9 cm³/mol. The number of aliphatic hydroxyl groups is 1. The summed E-state index contributed by atoms with van der Waals surface area (Å²) in [5, 5.41) is 10.1. The van der Waals surface area contributed by atoms with Crippen molar-refractivity contribution in [3.8, 4) is 0 Å². The van der Waals surface area contributed by atoms with E-state index in [-0.39, 0.29) is 5.15 Å². The van der Waals surface area contributed by atoms with Gasteiger partial charge in [0.2, 0.25) is 0 Å². The summed E-state index contributed by atoms with van der Waals surface area (Å²) < 4.78 is 0. The van der Waals surface area contributed by atoms with E-state index in [1.165, 1.54) is 6.20 Å². The molecule has 1 aromatic rings. The van der Waals surface area contributed by atoms with E-state index in [0.29, 0.717) is 23.6 Å². The number of nitrogens with two attached hydrogens (primary N) is 1. The number of rotatable bonds is 3. The van der Waals surface area contributed by atoms with Crippen LogP contribution in [0.3, 0.4) is 0 Å². The van der Waals surface area contributed by atoms with Gasteiger partial charge in [-0.25, -0.2) is 4.98 Å². The molecule has 3 nitrogen and oxygen atoms in total. The van der Waals surface area contributed by atoms with Gasteiger partial charge in [0.05, 0.1) is 11.1 Å². The van der Waals surface area contributed by atoms with Crippen molar-refractivity contribution in [2.75, 3.05) is 6.54 Å². The highest BCUT2D eigenvalue weighted by molar-refractivity contribution is 6.41. The Balaban J connectivity index is 2.84. The summed E-state index contributed by atoms with van der Waals surface area (Å²) >= 11 is 11.3. The first-order chi connectivity index (χ1) is 6.15. The molecule has 3 N–H and O–H groups in total. The van der Waals surface area contributed by atoms with Gasteiger partial charge in [0.25, 0.3) is 0 Å². The molecule has 0 aromatic carbocycles. The Kier molecular flexibility index (Phi) is 3.93. The second-order valence-corrected chi connectivity index (χ2v) is 3.40. The minimum Gasteiger partial charge on any atom is -0.388 e. The minimum absolute atomic E-state index is 0.241. The van der Waals surface area contributed by atoms with Crippen LogP contribution in [0.15, 0.2) is 12.3 Å². The number of nitrogens with zero attached hydrogens (tertiary/aromatic N) is 1. The quantitative estimate of drug-likeness (QED) is 0.764. The second kappa shape index (κ2) is 4.77. The van der Waals surface area contributed by atoms with Crippen LogP contribution >= 0.6 is 23.2 Å². The van der Waals surface area contributed by atoms with Gasteiger partial charge in [-0.05, 0) is 19.0 Å². The van der Waals surface area contributed by atoms with Crippen LogP contribution in [0, 0.1) is 0 Å². The zero-order valence-electron chi connectivity index (χ0n) is 6.87. The van der Waals surface area contributed by atoms with Crippen LogP contribution in [-0.4, -0.2) is 16.6 Å². The van der Waals surface area contributed by atoms with Crippen molar-refractivity contribution in [1.29, 1.82) is 0 Å². The lowest BCUT2D eigenvalue weighted by Crippen LogP contribution is -2.06. The Hall–Kier alpha value is -0.350. The van der Waals surface area contributed by atoms with E-state index in [1.54, 1.807) is 6.07 Å². The van der Waals surface area contributed by atoms with Crippen molar-refractivity contribution in [1.82, 2.24) is 4.98 Å². The second-order valence-electron chi connectivity index (χ2n) is 2.63. The van der Waals surface area contributed by atoms with Crippen LogP contribution < -0.4 is 5.73 Å². The van der Waals surface area contributed by atoms with E-state index in [2.05, 4.69) is 4.98 Å². The summed E-state index contributed by atoms with van der Waals surface area (Å²) in [5.41, 5.74) is 5.93. The summed E-state index contributed by atoms with van der Waals surface area (Å²) in [7, 11) is 0. The fraction of sp³-hybridized carbons (Fsp3) is 0.375. The molecule has 5 heteroatoms. The molecule has 1 atom stereocenters. The first kappa shape index (κ1) is 10.7. The van der Waals surface area contributed by atoms with Gasteiger partial charge in [-0.1, -0.05) is 23.2 Å². The first-order valence-corrected chi connectivity index (χ1v) is 4.60. The van der Waals surface area contributed by atoms with Crippen LogP contribution in [0.25, 0.3) is 0 Å². The van der Waals surface area contributed by atoms with E-state index in [9.17, 15) is 5.11 Å². The Labute approximate surface area is 86.5 Å². The molecule has 0 bridgehead atoms. The normalized spacial score (nSPS) is 12.9. The van der Waals surface area contributed by atoms with Gasteiger partial charge in [0.15, 0.2) is 0 Å². The lowest BCUT2D eigenvalue weighted by atomic mass is 10.1. The summed E-state index contributed by atoms with van der Waals surface area (Å²) in [5.74, 6) is 0. The molecule has 0 amide bonds. The standard InChI is InChI=1S/C8H10Cl2N2O/c9-6-3-5(4-12-8(6)10)7(13)1-2-11/h3-4,7,13H,1-2,11H2/t7-/m0/s1. The minimum atomic E-state index is -0.618. The fourth-order valence-corrected chi connectivity index (χ4v) is 1.22. The number of pyridine rings is 1. The van der Waals surface area contributed by atoms with Gasteiger partial charge >= 0.3 is 0 Å². The highest BCUT2D eigenvalue weighted by Gasteiger charge is 2.08. The van der Waals surface area contributed by atoms with Gasteiger partial charge < -0.3 is 10.8 Å². The van der Waals surface area contributed by atoms with Crippen molar-refractivity contribution in [2.45, 2.75) is 12.5 Å². The number of halogens is 2. The van der Waals surface area contributed by atoms with E-state index in [0.717, 1.165) is 0 Å². The van der Waals surface area contributed by atoms with Crippen LogP contribution in [0.1, 0.15) is 18.1 Å². The van der Waals surface area contributed by atoms with Crippen LogP contribution in [0.2, 0.25) is 10.2 Å². The fourth-order valence-electron chi connectivity index (χ4n) is 0.943. The van der Waals surface area contributed by atoms with E-state index in [1.807, 2.05) is 0 Å². The maximum Gasteiger partial charge on any atom is 0.147 e. The van der Waals surface area contributed by atoms with Crippen molar-refractivity contribution < 1.29 is 5.11 Å². The Morgan fingerprint density at radius 2 is 2.23 bits per heavy atom. The number of hydrogen-bond donors (Lipinski definition) is 2. The molecule has 0 fully saturated rings. The van der Waals surface area contributed by atoms with E-state index < -0.39 is 6.10 Å². The molecule has 1 heterocycles. The highest BCUT2D eigenvalue weighted by atomic mass is 35.5. The van der Waals surface area contributed by atoms with Crippen LogP contribution in [0.4, 0.5) is 0 Å². The predicted octanol–water partition coefficient (Wildman–Crippen LogP) is 1.77. The number of hydrogen-bond acceptors (Lipinski definition) is 3. The topological polar surface area (TPSA) is 59.1 Å². The SMILES string of the molecule is NCC[C@H](O)c1cnc(Cl)c(Cl)c1. The van der Waals surface area contributed by atoms with Crippen molar-refractivity contribution in [3.63, 3.8) is 0 Å². The molecule has 72 valence electrons. The average molecular weight is 221 g/mol. The molecule has 0 aliphatic rings. The number of aliphatic hydroxyl groups excluding tert-OH is 1. The summed E-state index contributed by atoms with van der Waals surface area (Å²) in [6.07, 6.45) is 1.36. The molecule has 0 aliphatic heterocycles. The van der Waals surface area contributed by atoms with Crippen molar-refractivity contribution >= 4 is 23.2 Å². The van der Waals surface area contributed by atoms with Gasteiger partial charge in [-0.2, -0.15) is 0 Å². The molecular formula is C8H10Cl2N2O. The maximum absolute atomic E-state index is 9.51. The molecule has 0 spiro atoms. The molecule has 1 rings (SSSR count). The van der Waals surface area contributed by atoms with Crippen molar-refractivity contribution in [2.24, 2.45) is 5.73 Å². The molecular weight excluding hydrogens is 211 g/mol. The molecule has 13 heavy (non-hydrogen) atoms. The third kappa shape index (κ3) is 2.81. The average Bonchev–Trinajstić information content (AvgIpc) is 2.10. The van der Waals surface area contributed by atoms with E-state index >= 15 is 0 Å². The van der Waals surface area contributed by atoms with Crippen LogP contribution in [0.5, 0.6) is 0 Å². The Bertz CT molecular complexity index is 293. The lowest BCUT2D eigenvalue weighted by molar-refractivity contribution is 0.170. The molecule has 0 saturated carbocycles. The Morgan fingerprint density at radius 1 is 1.54 bits per heavy atom. The summed E-state index contributed by atoms with van der Waals surface area (Å²) in [4.78, 5) is 3.81. The largest absolute Gasteiger partial charge is 0.388 e. The first-order valence-electron chi connectivity index (χ1n) is 3.84. The van der Waals surface area contributed by atoms with Gasteiger partial charge in [-0.15, -0.1) is 0 Å². The monoisotopic (exact) mass is 220 g/mol. The van der Waals surface area contributed by atoms with Gasteiger partial charge in [0.1, 0.15) is 5.15 Å². The summed E-state index contributed by atoms with van der Waals surface area (Å²) in [6, 6.07) is 1.59. The zero-order valence-corrected chi connectivity index (χ0v) is 8.39. The van der Waals surface area contributed by atoms with Crippen molar-refractivity contribution in [3.05, 3.63) is 28.0 Å². The molecule has 0 saturated heterocycles. The van der Waals surface area contributed by atoms with Gasteiger partial charge in [0, 0.05) is 11.8 Å². The highest BCUT2D eigenvalue weighted by Crippen LogP contribution is 2.24. The smallest absolute Gasteiger partial charge is 0.147 e. The lowest BCUT2D eigenvalue weighted by Gasteiger charge is -2.09. The third-order valence-corrected chi connectivity index (χ3v) is 2.33. The zero-order chi connectivity index (χ0) is 9.84. The molecule has 0 radical (unpaired) electrons. The Morgan fingerprint density at radius 3 is 2.77 bits per heavy atom. The van der Waals surface area contributed by atoms with E-state index in [4.69, 9.17) is 28.9 Å². The summed E-state index contributed by atoms with van der Waals surface area (Å²) in [6.45, 7) is 0.418. The number of aromatic nitrogens is 1. The molecule has 0 aliphatic carbocycles. The molecule has 0 unspecified atom stereocenters. The maximum atomic E-state index is 9.51. The van der Waals surface area contributed by atoms with Crippen LogP contribution in [-0.2, 0) is 0 Å². The molecule has 1 aromatic heterocycles. The third-order valence-electron chi connectivity index (χ3n) is 1.64. The van der Waals surface area contributed by atoms with Gasteiger partial charge in [-0.3, -0.25) is 0 Å².